The Bertz CT molecular complexity index is 674. The third kappa shape index (κ3) is 3.01. The molecule has 5 heteroatoms. The maximum Gasteiger partial charge on any atom is 0.134 e. The molecule has 0 unspecified atom stereocenters. The lowest BCUT2D eigenvalue weighted by molar-refractivity contribution is 0.175. The monoisotopic (exact) mass is 300 g/mol. The Morgan fingerprint density at radius 3 is 2.86 bits per heavy atom. The molecule has 1 fully saturated rings. The molecule has 0 saturated carbocycles. The molecular formula is C16H17ClN4. The number of para-hydroxylation sites is 1. The van der Waals surface area contributed by atoms with Gasteiger partial charge in [-0.1, -0.05) is 29.8 Å². The first-order valence-electron chi connectivity index (χ1n) is 7.16. The van der Waals surface area contributed by atoms with E-state index in [2.05, 4.69) is 27.3 Å². The van der Waals surface area contributed by atoms with Crippen LogP contribution in [0.4, 0.5) is 0 Å². The standard InChI is InChI=1S/C16H17ClN4/c17-16-13(11-12-3-1-2-4-14(12)20-16)15(5-6-18)21-9-7-19-8-10-21/h1-4,11,15,19H,5,7-10H2/t15-/m1/s1. The van der Waals surface area contributed by atoms with Crippen LogP contribution < -0.4 is 5.32 Å². The normalized spacial score (nSPS) is 17.5. The molecule has 1 saturated heterocycles. The summed E-state index contributed by atoms with van der Waals surface area (Å²) in [6, 6.07) is 12.3. The van der Waals surface area contributed by atoms with Gasteiger partial charge >= 0.3 is 0 Å². The largest absolute Gasteiger partial charge is 0.314 e. The Balaban J connectivity index is 2.01. The van der Waals surface area contributed by atoms with E-state index in [-0.39, 0.29) is 6.04 Å². The van der Waals surface area contributed by atoms with Crippen LogP contribution in [0, 0.1) is 11.3 Å². The molecule has 108 valence electrons. The third-order valence-corrected chi connectivity index (χ3v) is 4.24. The number of nitriles is 1. The van der Waals surface area contributed by atoms with Gasteiger partial charge in [0.15, 0.2) is 0 Å². The molecule has 4 nitrogen and oxygen atoms in total. The molecule has 1 aromatic heterocycles. The Hall–Kier alpha value is -1.67. The maximum absolute atomic E-state index is 9.18. The van der Waals surface area contributed by atoms with Crippen molar-refractivity contribution >= 4 is 22.5 Å². The first-order valence-corrected chi connectivity index (χ1v) is 7.54. The molecule has 1 aliphatic heterocycles. The Kier molecular flexibility index (Phi) is 4.35. The average Bonchev–Trinajstić information content (AvgIpc) is 2.53. The molecule has 1 atom stereocenters. The molecule has 0 radical (unpaired) electrons. The minimum Gasteiger partial charge on any atom is -0.314 e. The number of pyridine rings is 1. The highest BCUT2D eigenvalue weighted by Crippen LogP contribution is 2.31. The van der Waals surface area contributed by atoms with Gasteiger partial charge in [-0.3, -0.25) is 4.90 Å². The Labute approximate surface area is 129 Å². The number of nitrogens with one attached hydrogen (secondary N) is 1. The zero-order valence-corrected chi connectivity index (χ0v) is 12.5. The Morgan fingerprint density at radius 2 is 2.10 bits per heavy atom. The molecule has 2 aromatic rings. The van der Waals surface area contributed by atoms with Gasteiger partial charge < -0.3 is 5.32 Å². The van der Waals surface area contributed by atoms with Crippen molar-refractivity contribution in [2.75, 3.05) is 26.2 Å². The summed E-state index contributed by atoms with van der Waals surface area (Å²) >= 11 is 6.39. The van der Waals surface area contributed by atoms with Gasteiger partial charge in [0.25, 0.3) is 0 Å². The molecule has 0 amide bonds. The van der Waals surface area contributed by atoms with Crippen molar-refractivity contribution in [3.63, 3.8) is 0 Å². The van der Waals surface area contributed by atoms with Crippen molar-refractivity contribution in [3.05, 3.63) is 41.0 Å². The van der Waals surface area contributed by atoms with E-state index in [4.69, 9.17) is 11.6 Å². The van der Waals surface area contributed by atoms with Crippen LogP contribution in [0.25, 0.3) is 10.9 Å². The zero-order valence-electron chi connectivity index (χ0n) is 11.7. The van der Waals surface area contributed by atoms with E-state index < -0.39 is 0 Å². The highest BCUT2D eigenvalue weighted by atomic mass is 35.5. The number of piperazine rings is 1. The van der Waals surface area contributed by atoms with Crippen molar-refractivity contribution in [2.45, 2.75) is 12.5 Å². The van der Waals surface area contributed by atoms with Crippen LogP contribution in [0.5, 0.6) is 0 Å². The lowest BCUT2D eigenvalue weighted by Crippen LogP contribution is -2.45. The number of halogens is 1. The van der Waals surface area contributed by atoms with E-state index in [1.165, 1.54) is 0 Å². The van der Waals surface area contributed by atoms with Gasteiger partial charge in [0.05, 0.1) is 24.0 Å². The number of nitrogens with zero attached hydrogens (tertiary/aromatic N) is 3. The topological polar surface area (TPSA) is 52.0 Å². The highest BCUT2D eigenvalue weighted by molar-refractivity contribution is 6.30. The minimum atomic E-state index is 0.0155. The molecule has 21 heavy (non-hydrogen) atoms. The van der Waals surface area contributed by atoms with E-state index in [9.17, 15) is 5.26 Å². The molecule has 0 spiro atoms. The quantitative estimate of drug-likeness (QED) is 0.886. The van der Waals surface area contributed by atoms with E-state index in [0.29, 0.717) is 11.6 Å². The summed E-state index contributed by atoms with van der Waals surface area (Å²) in [4.78, 5) is 6.80. The molecule has 0 aliphatic carbocycles. The second kappa shape index (κ2) is 6.40. The van der Waals surface area contributed by atoms with E-state index in [1.807, 2.05) is 24.3 Å². The summed E-state index contributed by atoms with van der Waals surface area (Å²) in [5.41, 5.74) is 1.85. The van der Waals surface area contributed by atoms with Gasteiger partial charge in [-0.05, 0) is 12.1 Å². The molecule has 2 heterocycles. The predicted octanol–water partition coefficient (Wildman–Crippen LogP) is 2.75. The van der Waals surface area contributed by atoms with Crippen molar-refractivity contribution in [3.8, 4) is 6.07 Å². The van der Waals surface area contributed by atoms with E-state index >= 15 is 0 Å². The van der Waals surface area contributed by atoms with Crippen molar-refractivity contribution in [2.24, 2.45) is 0 Å². The van der Waals surface area contributed by atoms with Crippen LogP contribution in [0.3, 0.4) is 0 Å². The number of aromatic nitrogens is 1. The second-order valence-electron chi connectivity index (χ2n) is 5.23. The van der Waals surface area contributed by atoms with E-state index in [1.54, 1.807) is 0 Å². The fourth-order valence-corrected chi connectivity index (χ4v) is 3.13. The predicted molar refractivity (Wildman–Crippen MR) is 84.2 cm³/mol. The zero-order chi connectivity index (χ0) is 14.7. The van der Waals surface area contributed by atoms with Crippen LogP contribution in [0.15, 0.2) is 30.3 Å². The number of hydrogen-bond donors (Lipinski definition) is 1. The molecule has 1 aromatic carbocycles. The summed E-state index contributed by atoms with van der Waals surface area (Å²) in [6.07, 6.45) is 0.430. The molecule has 1 aliphatic rings. The summed E-state index contributed by atoms with van der Waals surface area (Å²) < 4.78 is 0. The van der Waals surface area contributed by atoms with Crippen LogP contribution in [0.2, 0.25) is 5.15 Å². The minimum absolute atomic E-state index is 0.0155. The first kappa shape index (κ1) is 14.3. The fourth-order valence-electron chi connectivity index (χ4n) is 2.86. The summed E-state index contributed by atoms with van der Waals surface area (Å²) in [6.45, 7) is 3.74. The van der Waals surface area contributed by atoms with Crippen LogP contribution >= 0.6 is 11.6 Å². The number of rotatable bonds is 3. The highest BCUT2D eigenvalue weighted by Gasteiger charge is 2.24. The Morgan fingerprint density at radius 1 is 1.33 bits per heavy atom. The van der Waals surface area contributed by atoms with Gasteiger partial charge in [0, 0.05) is 37.1 Å². The summed E-state index contributed by atoms with van der Waals surface area (Å²) in [5, 5.41) is 14.1. The lowest BCUT2D eigenvalue weighted by atomic mass is 10.0. The van der Waals surface area contributed by atoms with Crippen molar-refractivity contribution < 1.29 is 0 Å². The molecule has 1 N–H and O–H groups in total. The number of fused-ring (bicyclic) bond motifs is 1. The second-order valence-corrected chi connectivity index (χ2v) is 5.58. The SMILES string of the molecule is N#CC[C@H](c1cc2ccccc2nc1Cl)N1CCNCC1. The number of benzene rings is 1. The lowest BCUT2D eigenvalue weighted by Gasteiger charge is -2.34. The van der Waals surface area contributed by atoms with Gasteiger partial charge in [-0.25, -0.2) is 4.98 Å². The van der Waals surface area contributed by atoms with Crippen LogP contribution in [-0.2, 0) is 0 Å². The third-order valence-electron chi connectivity index (χ3n) is 3.94. The average molecular weight is 301 g/mol. The fraction of sp³-hybridized carbons (Fsp3) is 0.375. The van der Waals surface area contributed by atoms with Crippen LogP contribution in [0.1, 0.15) is 18.0 Å². The molecule has 0 bridgehead atoms. The van der Waals surface area contributed by atoms with Crippen LogP contribution in [-0.4, -0.2) is 36.1 Å². The van der Waals surface area contributed by atoms with Gasteiger partial charge in [0.1, 0.15) is 5.15 Å². The molecule has 3 rings (SSSR count). The maximum atomic E-state index is 9.18. The van der Waals surface area contributed by atoms with Crippen molar-refractivity contribution in [1.29, 1.82) is 5.26 Å². The summed E-state index contributed by atoms with van der Waals surface area (Å²) in [7, 11) is 0. The summed E-state index contributed by atoms with van der Waals surface area (Å²) in [5.74, 6) is 0. The van der Waals surface area contributed by atoms with Gasteiger partial charge in [0.2, 0.25) is 0 Å². The van der Waals surface area contributed by atoms with Crippen molar-refractivity contribution in [1.82, 2.24) is 15.2 Å². The van der Waals surface area contributed by atoms with Gasteiger partial charge in [-0.15, -0.1) is 0 Å². The van der Waals surface area contributed by atoms with E-state index in [0.717, 1.165) is 42.6 Å². The smallest absolute Gasteiger partial charge is 0.134 e. The van der Waals surface area contributed by atoms with Gasteiger partial charge in [-0.2, -0.15) is 5.26 Å². The number of hydrogen-bond acceptors (Lipinski definition) is 4. The molecular weight excluding hydrogens is 284 g/mol. The first-order chi connectivity index (χ1) is 10.3.